The third kappa shape index (κ3) is 5.59. The summed E-state index contributed by atoms with van der Waals surface area (Å²) in [5.74, 6) is 0.274. The maximum Gasteiger partial charge on any atom is 0.140 e. The molecule has 1 saturated heterocycles. The van der Waals surface area contributed by atoms with E-state index in [2.05, 4.69) is 10.5 Å². The van der Waals surface area contributed by atoms with Gasteiger partial charge < -0.3 is 21.0 Å². The Kier molecular flexibility index (Phi) is 6.11. The molecule has 0 radical (unpaired) electrons. The molecular formula is C10H21N3O2. The highest BCUT2D eigenvalue weighted by Gasteiger charge is 2.12. The molecule has 0 aromatic carbocycles. The van der Waals surface area contributed by atoms with Gasteiger partial charge in [0.15, 0.2) is 0 Å². The second kappa shape index (κ2) is 7.48. The van der Waals surface area contributed by atoms with E-state index in [-0.39, 0.29) is 5.84 Å². The molecule has 0 bridgehead atoms. The zero-order chi connectivity index (χ0) is 10.9. The summed E-state index contributed by atoms with van der Waals surface area (Å²) in [5, 5.41) is 14.5. The monoisotopic (exact) mass is 215 g/mol. The highest BCUT2D eigenvalue weighted by Crippen LogP contribution is 2.14. The van der Waals surface area contributed by atoms with Gasteiger partial charge in [-0.25, -0.2) is 0 Å². The molecule has 4 N–H and O–H groups in total. The van der Waals surface area contributed by atoms with E-state index < -0.39 is 0 Å². The van der Waals surface area contributed by atoms with Gasteiger partial charge in [-0.1, -0.05) is 5.16 Å². The lowest BCUT2D eigenvalue weighted by molar-refractivity contribution is 0.0116. The molecule has 0 aromatic rings. The van der Waals surface area contributed by atoms with Gasteiger partial charge in [0.05, 0.1) is 6.10 Å². The molecule has 1 atom stereocenters. The van der Waals surface area contributed by atoms with Gasteiger partial charge in [0.1, 0.15) is 5.84 Å². The molecule has 15 heavy (non-hydrogen) atoms. The van der Waals surface area contributed by atoms with E-state index in [0.29, 0.717) is 12.5 Å². The molecule has 1 unspecified atom stereocenters. The first-order chi connectivity index (χ1) is 7.33. The van der Waals surface area contributed by atoms with E-state index in [1.54, 1.807) is 0 Å². The number of rotatable bonds is 6. The van der Waals surface area contributed by atoms with Crippen molar-refractivity contribution >= 4 is 5.84 Å². The lowest BCUT2D eigenvalue weighted by Crippen LogP contribution is -2.27. The molecule has 1 aliphatic rings. The molecule has 1 rings (SSSR count). The Hall–Kier alpha value is -0.810. The van der Waals surface area contributed by atoms with E-state index in [0.717, 1.165) is 26.1 Å². The molecular weight excluding hydrogens is 194 g/mol. The smallest absolute Gasteiger partial charge is 0.140 e. The SMILES string of the molecule is NC(CCNCCC1CCCCO1)=NO. The van der Waals surface area contributed by atoms with Gasteiger partial charge in [-0.3, -0.25) is 0 Å². The first-order valence-corrected chi connectivity index (χ1v) is 5.61. The molecule has 0 amide bonds. The van der Waals surface area contributed by atoms with Crippen molar-refractivity contribution in [2.75, 3.05) is 19.7 Å². The fourth-order valence-electron chi connectivity index (χ4n) is 1.69. The first kappa shape index (κ1) is 12.3. The van der Waals surface area contributed by atoms with Crippen LogP contribution in [-0.4, -0.2) is 36.8 Å². The van der Waals surface area contributed by atoms with E-state index in [1.807, 2.05) is 0 Å². The summed E-state index contributed by atoms with van der Waals surface area (Å²) in [6, 6.07) is 0. The Bertz CT molecular complexity index is 191. The Morgan fingerprint density at radius 1 is 1.47 bits per heavy atom. The maximum absolute atomic E-state index is 8.31. The normalized spacial score (nSPS) is 22.9. The van der Waals surface area contributed by atoms with Gasteiger partial charge >= 0.3 is 0 Å². The lowest BCUT2D eigenvalue weighted by Gasteiger charge is -2.22. The minimum Gasteiger partial charge on any atom is -0.409 e. The fraction of sp³-hybridized carbons (Fsp3) is 0.900. The Balaban J connectivity index is 1.92. The van der Waals surface area contributed by atoms with E-state index in [9.17, 15) is 0 Å². The van der Waals surface area contributed by atoms with Crippen molar-refractivity contribution in [1.29, 1.82) is 0 Å². The summed E-state index contributed by atoms with van der Waals surface area (Å²) in [6.07, 6.45) is 5.73. The maximum atomic E-state index is 8.31. The average Bonchev–Trinajstić information content (AvgIpc) is 2.29. The van der Waals surface area contributed by atoms with Crippen molar-refractivity contribution in [1.82, 2.24) is 5.32 Å². The van der Waals surface area contributed by atoms with Crippen molar-refractivity contribution in [2.24, 2.45) is 10.9 Å². The lowest BCUT2D eigenvalue weighted by atomic mass is 10.1. The van der Waals surface area contributed by atoms with E-state index in [4.69, 9.17) is 15.7 Å². The van der Waals surface area contributed by atoms with Crippen LogP contribution in [0.1, 0.15) is 32.1 Å². The van der Waals surface area contributed by atoms with Crippen LogP contribution in [0.5, 0.6) is 0 Å². The molecule has 1 heterocycles. The predicted molar refractivity (Wildman–Crippen MR) is 59.1 cm³/mol. The van der Waals surface area contributed by atoms with Crippen LogP contribution in [-0.2, 0) is 4.74 Å². The quantitative estimate of drug-likeness (QED) is 0.200. The molecule has 5 heteroatoms. The van der Waals surface area contributed by atoms with Crippen LogP contribution in [0.2, 0.25) is 0 Å². The number of nitrogens with two attached hydrogens (primary N) is 1. The molecule has 1 aliphatic heterocycles. The number of nitrogens with zero attached hydrogens (tertiary/aromatic N) is 1. The van der Waals surface area contributed by atoms with Crippen LogP contribution in [0, 0.1) is 0 Å². The van der Waals surface area contributed by atoms with E-state index >= 15 is 0 Å². The molecule has 0 aromatic heterocycles. The van der Waals surface area contributed by atoms with E-state index in [1.165, 1.54) is 19.3 Å². The highest BCUT2D eigenvalue weighted by atomic mass is 16.5. The topological polar surface area (TPSA) is 79.9 Å². The van der Waals surface area contributed by atoms with Gasteiger partial charge in [-0.05, 0) is 32.2 Å². The van der Waals surface area contributed by atoms with Gasteiger partial charge in [-0.2, -0.15) is 0 Å². The van der Waals surface area contributed by atoms with Gasteiger partial charge in [0, 0.05) is 19.6 Å². The van der Waals surface area contributed by atoms with Crippen LogP contribution in [0.25, 0.3) is 0 Å². The first-order valence-electron chi connectivity index (χ1n) is 5.61. The Morgan fingerprint density at radius 3 is 3.00 bits per heavy atom. The van der Waals surface area contributed by atoms with Gasteiger partial charge in [0.25, 0.3) is 0 Å². The summed E-state index contributed by atoms with van der Waals surface area (Å²) < 4.78 is 5.60. The number of oxime groups is 1. The molecule has 0 aliphatic carbocycles. The molecule has 0 saturated carbocycles. The fourth-order valence-corrected chi connectivity index (χ4v) is 1.69. The zero-order valence-corrected chi connectivity index (χ0v) is 9.11. The number of amidine groups is 1. The van der Waals surface area contributed by atoms with Crippen molar-refractivity contribution < 1.29 is 9.94 Å². The number of nitrogens with one attached hydrogen (secondary N) is 1. The third-order valence-corrected chi connectivity index (χ3v) is 2.60. The zero-order valence-electron chi connectivity index (χ0n) is 9.11. The Labute approximate surface area is 90.7 Å². The van der Waals surface area contributed by atoms with Crippen LogP contribution in [0.15, 0.2) is 5.16 Å². The minimum absolute atomic E-state index is 0.274. The summed E-state index contributed by atoms with van der Waals surface area (Å²) >= 11 is 0. The second-order valence-corrected chi connectivity index (χ2v) is 3.87. The number of hydrogen-bond donors (Lipinski definition) is 3. The summed E-state index contributed by atoms with van der Waals surface area (Å²) in [6.45, 7) is 2.60. The molecule has 0 spiro atoms. The second-order valence-electron chi connectivity index (χ2n) is 3.87. The molecule has 1 fully saturated rings. The van der Waals surface area contributed by atoms with Crippen LogP contribution in [0.4, 0.5) is 0 Å². The average molecular weight is 215 g/mol. The van der Waals surface area contributed by atoms with Crippen LogP contribution >= 0.6 is 0 Å². The van der Waals surface area contributed by atoms with Crippen molar-refractivity contribution in [3.8, 4) is 0 Å². The van der Waals surface area contributed by atoms with Crippen molar-refractivity contribution in [3.63, 3.8) is 0 Å². The van der Waals surface area contributed by atoms with Crippen molar-refractivity contribution in [2.45, 2.75) is 38.2 Å². The summed E-state index contributed by atoms with van der Waals surface area (Å²) in [5.41, 5.74) is 5.33. The number of hydrogen-bond acceptors (Lipinski definition) is 4. The predicted octanol–water partition coefficient (Wildman–Crippen LogP) is 0.672. The summed E-state index contributed by atoms with van der Waals surface area (Å²) in [4.78, 5) is 0. The number of ether oxygens (including phenoxy) is 1. The Morgan fingerprint density at radius 2 is 2.33 bits per heavy atom. The van der Waals surface area contributed by atoms with Crippen LogP contribution < -0.4 is 11.1 Å². The minimum atomic E-state index is 0.274. The van der Waals surface area contributed by atoms with Gasteiger partial charge in [-0.15, -0.1) is 0 Å². The highest BCUT2D eigenvalue weighted by molar-refractivity contribution is 5.79. The van der Waals surface area contributed by atoms with Crippen molar-refractivity contribution in [3.05, 3.63) is 0 Å². The molecule has 5 nitrogen and oxygen atoms in total. The third-order valence-electron chi connectivity index (χ3n) is 2.60. The molecule has 88 valence electrons. The summed E-state index contributed by atoms with van der Waals surface area (Å²) in [7, 11) is 0. The van der Waals surface area contributed by atoms with Crippen LogP contribution in [0.3, 0.4) is 0 Å². The standard InChI is InChI=1S/C10H21N3O2/c11-10(13-14)5-7-12-6-4-9-3-1-2-8-15-9/h9,12,14H,1-8H2,(H2,11,13). The van der Waals surface area contributed by atoms with Gasteiger partial charge in [0.2, 0.25) is 0 Å². The largest absolute Gasteiger partial charge is 0.409 e.